The quantitative estimate of drug-likeness (QED) is 0.819. The van der Waals surface area contributed by atoms with Crippen LogP contribution in [0.15, 0.2) is 18.7 Å². The van der Waals surface area contributed by atoms with Crippen LogP contribution in [-0.4, -0.2) is 52.6 Å². The van der Waals surface area contributed by atoms with Crippen LogP contribution in [0.25, 0.3) is 0 Å². The number of carbonyl (C=O) groups excluding carboxylic acids is 1. The monoisotopic (exact) mass is 382 g/mol. The van der Waals surface area contributed by atoms with Crippen LogP contribution in [0.2, 0.25) is 0 Å². The fraction of sp³-hybridized carbons (Fsp3) is 0.737. The van der Waals surface area contributed by atoms with E-state index in [0.717, 1.165) is 63.8 Å². The molecule has 0 aromatic carbocycles. The molecule has 6 nitrogen and oxygen atoms in total. The lowest BCUT2D eigenvalue weighted by Gasteiger charge is -2.32. The molecule has 1 amide bonds. The smallest absolute Gasteiger partial charge is 0.223 e. The molecule has 2 aliphatic rings. The van der Waals surface area contributed by atoms with Crippen LogP contribution in [0.5, 0.6) is 0 Å². The minimum absolute atomic E-state index is 0. The molecule has 2 fully saturated rings. The predicted octanol–water partition coefficient (Wildman–Crippen LogP) is 2.72. The Kier molecular flexibility index (Phi) is 9.29. The largest absolute Gasteiger partial charge is 0.378 e. The van der Waals surface area contributed by atoms with Gasteiger partial charge in [-0.25, -0.2) is 9.97 Å². The second kappa shape index (κ2) is 11.5. The molecule has 0 bridgehead atoms. The summed E-state index contributed by atoms with van der Waals surface area (Å²) in [6, 6.07) is 0.301. The van der Waals surface area contributed by atoms with Crippen molar-refractivity contribution in [2.75, 3.05) is 19.7 Å². The van der Waals surface area contributed by atoms with E-state index in [1.54, 1.807) is 0 Å². The van der Waals surface area contributed by atoms with Crippen molar-refractivity contribution in [2.45, 2.75) is 70.1 Å². The summed E-state index contributed by atoms with van der Waals surface area (Å²) in [6.45, 7) is 3.47. The average Bonchev–Trinajstić information content (AvgIpc) is 2.95. The highest BCUT2D eigenvalue weighted by atomic mass is 35.5. The maximum absolute atomic E-state index is 13.0. The molecule has 2 atom stereocenters. The standard InChI is InChI=1S/C19H30N4O2.ClH/c24-19(7-6-18-5-1-2-11-25-18)23(14-16-12-21-15-22-13-16)17-4-3-9-20-10-8-17;/h12-13,15,17-18,20H,1-11,14H2;1H. The highest BCUT2D eigenvalue weighted by molar-refractivity contribution is 5.85. The summed E-state index contributed by atoms with van der Waals surface area (Å²) in [6.07, 6.45) is 13.5. The summed E-state index contributed by atoms with van der Waals surface area (Å²) in [5.41, 5.74) is 1.00. The molecule has 3 rings (SSSR count). The number of rotatable bonds is 6. The van der Waals surface area contributed by atoms with Crippen LogP contribution >= 0.6 is 12.4 Å². The van der Waals surface area contributed by atoms with Gasteiger partial charge in [0.25, 0.3) is 0 Å². The lowest BCUT2D eigenvalue weighted by atomic mass is 10.0. The third-order valence-corrected chi connectivity index (χ3v) is 5.23. The van der Waals surface area contributed by atoms with E-state index in [9.17, 15) is 4.79 Å². The molecule has 3 heterocycles. The molecule has 26 heavy (non-hydrogen) atoms. The Morgan fingerprint density at radius 2 is 2.00 bits per heavy atom. The third kappa shape index (κ3) is 6.49. The van der Waals surface area contributed by atoms with E-state index in [0.29, 0.717) is 19.0 Å². The van der Waals surface area contributed by atoms with Gasteiger partial charge in [-0.15, -0.1) is 12.4 Å². The van der Waals surface area contributed by atoms with Crippen molar-refractivity contribution in [1.82, 2.24) is 20.2 Å². The maximum Gasteiger partial charge on any atom is 0.223 e. The Morgan fingerprint density at radius 3 is 2.77 bits per heavy atom. The number of halogens is 1. The molecule has 2 unspecified atom stereocenters. The summed E-state index contributed by atoms with van der Waals surface area (Å²) in [5, 5.41) is 3.44. The number of nitrogens with one attached hydrogen (secondary N) is 1. The van der Waals surface area contributed by atoms with E-state index in [4.69, 9.17) is 4.74 Å². The predicted molar refractivity (Wildman–Crippen MR) is 103 cm³/mol. The minimum atomic E-state index is 0. The van der Waals surface area contributed by atoms with Gasteiger partial charge in [-0.1, -0.05) is 0 Å². The van der Waals surface area contributed by atoms with Crippen LogP contribution in [0.4, 0.5) is 0 Å². The van der Waals surface area contributed by atoms with Gasteiger partial charge in [0, 0.05) is 43.6 Å². The zero-order chi connectivity index (χ0) is 17.3. The fourth-order valence-electron chi connectivity index (χ4n) is 3.80. The second-order valence-electron chi connectivity index (χ2n) is 7.13. The molecule has 7 heteroatoms. The van der Waals surface area contributed by atoms with E-state index >= 15 is 0 Å². The zero-order valence-corrected chi connectivity index (χ0v) is 16.3. The van der Waals surface area contributed by atoms with Gasteiger partial charge in [0.2, 0.25) is 5.91 Å². The van der Waals surface area contributed by atoms with E-state index < -0.39 is 0 Å². The van der Waals surface area contributed by atoms with Gasteiger partial charge in [-0.2, -0.15) is 0 Å². The molecular formula is C19H31ClN4O2. The third-order valence-electron chi connectivity index (χ3n) is 5.23. The number of aromatic nitrogens is 2. The second-order valence-corrected chi connectivity index (χ2v) is 7.13. The van der Waals surface area contributed by atoms with Crippen molar-refractivity contribution in [3.63, 3.8) is 0 Å². The zero-order valence-electron chi connectivity index (χ0n) is 15.4. The van der Waals surface area contributed by atoms with Gasteiger partial charge >= 0.3 is 0 Å². The molecule has 1 N–H and O–H groups in total. The molecule has 0 saturated carbocycles. The fourth-order valence-corrected chi connectivity index (χ4v) is 3.80. The van der Waals surface area contributed by atoms with Gasteiger partial charge in [0.05, 0.1) is 6.10 Å². The Labute approximate surface area is 162 Å². The van der Waals surface area contributed by atoms with E-state index in [1.165, 1.54) is 12.7 Å². The summed E-state index contributed by atoms with van der Waals surface area (Å²) >= 11 is 0. The molecule has 1 aromatic rings. The molecule has 2 aliphatic heterocycles. The van der Waals surface area contributed by atoms with E-state index in [1.807, 2.05) is 12.4 Å². The summed E-state index contributed by atoms with van der Waals surface area (Å²) in [4.78, 5) is 23.3. The number of hydrogen-bond donors (Lipinski definition) is 1. The lowest BCUT2D eigenvalue weighted by Crippen LogP contribution is -2.40. The van der Waals surface area contributed by atoms with Crippen LogP contribution < -0.4 is 5.32 Å². The summed E-state index contributed by atoms with van der Waals surface area (Å²) in [5.74, 6) is 0.241. The van der Waals surface area contributed by atoms with Gasteiger partial charge in [-0.05, 0) is 58.0 Å². The number of hydrogen-bond acceptors (Lipinski definition) is 5. The minimum Gasteiger partial charge on any atom is -0.378 e. The van der Waals surface area contributed by atoms with Crippen LogP contribution in [0.3, 0.4) is 0 Å². The molecule has 0 aliphatic carbocycles. The van der Waals surface area contributed by atoms with Crippen molar-refractivity contribution >= 4 is 18.3 Å². The first-order valence-corrected chi connectivity index (χ1v) is 9.68. The van der Waals surface area contributed by atoms with Gasteiger partial charge < -0.3 is 15.0 Å². The van der Waals surface area contributed by atoms with Crippen LogP contribution in [0.1, 0.15) is 56.9 Å². The number of nitrogens with zero attached hydrogens (tertiary/aromatic N) is 3. The molecule has 146 valence electrons. The Bertz CT molecular complexity index is 518. The molecule has 2 saturated heterocycles. The van der Waals surface area contributed by atoms with Crippen molar-refractivity contribution < 1.29 is 9.53 Å². The number of ether oxygens (including phenoxy) is 1. The Morgan fingerprint density at radius 1 is 1.15 bits per heavy atom. The van der Waals surface area contributed by atoms with Crippen LogP contribution in [-0.2, 0) is 16.1 Å². The van der Waals surface area contributed by atoms with Gasteiger partial charge in [0.15, 0.2) is 0 Å². The van der Waals surface area contributed by atoms with E-state index in [-0.39, 0.29) is 24.4 Å². The van der Waals surface area contributed by atoms with Crippen molar-refractivity contribution in [3.05, 3.63) is 24.3 Å². The first kappa shape index (κ1) is 21.1. The molecule has 0 spiro atoms. The number of amides is 1. The Balaban J connectivity index is 0.00000243. The average molecular weight is 383 g/mol. The van der Waals surface area contributed by atoms with Crippen molar-refractivity contribution in [2.24, 2.45) is 0 Å². The normalized spacial score (nSPS) is 23.5. The number of carbonyl (C=O) groups is 1. The molecule has 0 radical (unpaired) electrons. The first-order chi connectivity index (χ1) is 12.3. The SMILES string of the molecule is Cl.O=C(CCC1CCCCO1)N(Cc1cncnc1)C1CCCNCC1. The lowest BCUT2D eigenvalue weighted by molar-refractivity contribution is -0.135. The molecule has 1 aromatic heterocycles. The van der Waals surface area contributed by atoms with Crippen molar-refractivity contribution in [1.29, 1.82) is 0 Å². The van der Waals surface area contributed by atoms with Gasteiger partial charge in [-0.3, -0.25) is 4.79 Å². The van der Waals surface area contributed by atoms with Gasteiger partial charge in [0.1, 0.15) is 6.33 Å². The van der Waals surface area contributed by atoms with Crippen LogP contribution in [0, 0.1) is 0 Å². The topological polar surface area (TPSA) is 67.3 Å². The summed E-state index contributed by atoms with van der Waals surface area (Å²) < 4.78 is 5.79. The Hall–Kier alpha value is -1.24. The maximum atomic E-state index is 13.0. The van der Waals surface area contributed by atoms with E-state index in [2.05, 4.69) is 20.2 Å². The van der Waals surface area contributed by atoms with Crippen molar-refractivity contribution in [3.8, 4) is 0 Å². The summed E-state index contributed by atoms with van der Waals surface area (Å²) in [7, 11) is 0. The highest BCUT2D eigenvalue weighted by Crippen LogP contribution is 2.21. The molecular weight excluding hydrogens is 352 g/mol. The highest BCUT2D eigenvalue weighted by Gasteiger charge is 2.26. The first-order valence-electron chi connectivity index (χ1n) is 9.68.